The molecule has 2 aromatic rings. The van der Waals surface area contributed by atoms with Crippen LogP contribution in [0, 0.1) is 0 Å². The van der Waals surface area contributed by atoms with Gasteiger partial charge in [-0.25, -0.2) is 0 Å². The Morgan fingerprint density at radius 3 is 1.63 bits per heavy atom. The summed E-state index contributed by atoms with van der Waals surface area (Å²) in [5.74, 6) is -2.03. The Morgan fingerprint density at radius 2 is 1.26 bits per heavy atom. The average molecular weight is 445 g/mol. The second kappa shape index (κ2) is 5.88. The topological polar surface area (TPSA) is 100 Å². The minimum absolute atomic E-state index is 0.153. The van der Waals surface area contributed by atoms with Crippen LogP contribution in [0.2, 0.25) is 0 Å². The van der Waals surface area contributed by atoms with Gasteiger partial charge in [-0.3, -0.25) is 0 Å². The fourth-order valence-electron chi connectivity index (χ4n) is 1.64. The summed E-state index contributed by atoms with van der Waals surface area (Å²) in [5, 5.41) is 17.8. The SMILES string of the molecule is O=C(O)c1cnc[c]([Hg][c]2cncc(C(=O)O)c2)c1. The molecule has 2 heterocycles. The van der Waals surface area contributed by atoms with Crippen molar-refractivity contribution in [2.75, 3.05) is 0 Å². The molecule has 0 unspecified atom stereocenters. The van der Waals surface area contributed by atoms with Crippen molar-refractivity contribution in [3.8, 4) is 0 Å². The van der Waals surface area contributed by atoms with E-state index < -0.39 is 36.5 Å². The first-order valence-electron chi connectivity index (χ1n) is 5.40. The summed E-state index contributed by atoms with van der Waals surface area (Å²) >= 11 is -1.81. The zero-order chi connectivity index (χ0) is 13.8. The summed E-state index contributed by atoms with van der Waals surface area (Å²) in [6.07, 6.45) is 5.88. The van der Waals surface area contributed by atoms with Crippen LogP contribution in [0.1, 0.15) is 20.7 Å². The number of carboxylic acid groups (broad SMARTS) is 2. The number of nitrogens with zero attached hydrogens (tertiary/aromatic N) is 2. The van der Waals surface area contributed by atoms with Gasteiger partial charge in [0, 0.05) is 0 Å². The quantitative estimate of drug-likeness (QED) is 0.639. The van der Waals surface area contributed by atoms with Gasteiger partial charge in [-0.05, 0) is 0 Å². The average Bonchev–Trinajstić information content (AvgIpc) is 2.39. The summed E-state index contributed by atoms with van der Waals surface area (Å²) in [5.41, 5.74) is 0.305. The van der Waals surface area contributed by atoms with Crippen molar-refractivity contribution in [1.82, 2.24) is 9.97 Å². The molecule has 6 nitrogen and oxygen atoms in total. The van der Waals surface area contributed by atoms with Crippen molar-refractivity contribution < 1.29 is 44.4 Å². The number of carbonyl (C=O) groups is 2. The number of pyridine rings is 2. The Labute approximate surface area is 120 Å². The molecule has 19 heavy (non-hydrogen) atoms. The van der Waals surface area contributed by atoms with E-state index in [1.807, 2.05) is 0 Å². The molecule has 2 aromatic heterocycles. The summed E-state index contributed by atoms with van der Waals surface area (Å²) in [7, 11) is 0. The Kier molecular flexibility index (Phi) is 4.21. The molecule has 92 valence electrons. The van der Waals surface area contributed by atoms with E-state index in [-0.39, 0.29) is 11.1 Å². The van der Waals surface area contributed by atoms with Crippen LogP contribution in [0.3, 0.4) is 0 Å². The molecule has 7 heteroatoms. The molecule has 0 amide bonds. The van der Waals surface area contributed by atoms with Gasteiger partial charge in [0.2, 0.25) is 0 Å². The molecule has 0 radical (unpaired) electrons. The standard InChI is InChI=1S/2C6H4NO2.Hg/c2*8-6(9)5-2-1-3-7-4-5;/h2*2-4H,(H,8,9);. The number of aromatic carboxylic acids is 2. The molecule has 0 aliphatic carbocycles. The zero-order valence-corrected chi connectivity index (χ0v) is 15.3. The van der Waals surface area contributed by atoms with Crippen LogP contribution in [0.4, 0.5) is 0 Å². The van der Waals surface area contributed by atoms with E-state index in [9.17, 15) is 9.59 Å². The van der Waals surface area contributed by atoms with Crippen molar-refractivity contribution >= 4 is 18.1 Å². The molecule has 0 fully saturated rings. The van der Waals surface area contributed by atoms with Crippen LogP contribution in [-0.4, -0.2) is 32.1 Å². The molecule has 0 aliphatic rings. The van der Waals surface area contributed by atoms with E-state index in [1.54, 1.807) is 24.5 Å². The Morgan fingerprint density at radius 1 is 0.842 bits per heavy atom. The number of hydrogen-bond acceptors (Lipinski definition) is 4. The first-order valence-corrected chi connectivity index (χ1v) is 10.9. The van der Waals surface area contributed by atoms with Crippen LogP contribution in [0.15, 0.2) is 36.9 Å². The fourth-order valence-corrected chi connectivity index (χ4v) is 7.50. The summed E-state index contributed by atoms with van der Waals surface area (Å²) < 4.78 is 1.81. The Hall–Kier alpha value is -1.82. The van der Waals surface area contributed by atoms with Crippen LogP contribution in [0.25, 0.3) is 0 Å². The maximum absolute atomic E-state index is 10.8. The van der Waals surface area contributed by atoms with Crippen LogP contribution < -0.4 is 6.14 Å². The van der Waals surface area contributed by atoms with E-state index in [2.05, 4.69) is 9.97 Å². The van der Waals surface area contributed by atoms with Gasteiger partial charge in [-0.1, -0.05) is 0 Å². The molecule has 2 rings (SSSR count). The zero-order valence-electron chi connectivity index (χ0n) is 9.78. The molecule has 0 saturated carbocycles. The van der Waals surface area contributed by atoms with Crippen molar-refractivity contribution in [1.29, 1.82) is 0 Å². The molecule has 0 bridgehead atoms. The van der Waals surface area contributed by atoms with Crippen molar-refractivity contribution in [3.63, 3.8) is 0 Å². The van der Waals surface area contributed by atoms with E-state index in [4.69, 9.17) is 10.2 Å². The maximum atomic E-state index is 10.8. The molecular formula is C12H8HgN2O4. The van der Waals surface area contributed by atoms with Gasteiger partial charge in [-0.15, -0.1) is 0 Å². The van der Waals surface area contributed by atoms with Gasteiger partial charge < -0.3 is 0 Å². The second-order valence-electron chi connectivity index (χ2n) is 3.95. The Bertz CT molecular complexity index is 590. The molecule has 2 N–H and O–H groups in total. The molecule has 0 saturated heterocycles. The van der Waals surface area contributed by atoms with Gasteiger partial charge in [-0.2, -0.15) is 0 Å². The predicted molar refractivity (Wildman–Crippen MR) is 61.7 cm³/mol. The fraction of sp³-hybridized carbons (Fsp3) is 0. The van der Waals surface area contributed by atoms with Crippen LogP contribution in [0.5, 0.6) is 0 Å². The third kappa shape index (κ3) is 3.57. The van der Waals surface area contributed by atoms with Crippen LogP contribution >= 0.6 is 0 Å². The molecular weight excluding hydrogens is 437 g/mol. The monoisotopic (exact) mass is 446 g/mol. The summed E-state index contributed by atoms with van der Waals surface area (Å²) in [4.78, 5) is 29.5. The van der Waals surface area contributed by atoms with E-state index in [0.717, 1.165) is 6.14 Å². The first-order chi connectivity index (χ1) is 9.06. The second-order valence-corrected chi connectivity index (χ2v) is 11.7. The normalized spacial score (nSPS) is 9.68. The van der Waals surface area contributed by atoms with E-state index in [0.29, 0.717) is 0 Å². The molecule has 0 aromatic carbocycles. The number of aromatic nitrogens is 2. The summed E-state index contributed by atoms with van der Waals surface area (Å²) in [6, 6.07) is 3.20. The van der Waals surface area contributed by atoms with Gasteiger partial charge in [0.25, 0.3) is 0 Å². The molecule has 0 spiro atoms. The van der Waals surface area contributed by atoms with E-state index in [1.165, 1.54) is 12.4 Å². The van der Waals surface area contributed by atoms with Crippen molar-refractivity contribution in [2.45, 2.75) is 0 Å². The minimum atomic E-state index is -1.81. The van der Waals surface area contributed by atoms with Crippen molar-refractivity contribution in [3.05, 3.63) is 48.0 Å². The van der Waals surface area contributed by atoms with E-state index >= 15 is 0 Å². The number of carboxylic acids is 2. The first kappa shape index (κ1) is 13.6. The van der Waals surface area contributed by atoms with Gasteiger partial charge in [0.1, 0.15) is 0 Å². The summed E-state index contributed by atoms with van der Waals surface area (Å²) in [6.45, 7) is 0. The molecule has 0 aliphatic heterocycles. The third-order valence-electron chi connectivity index (χ3n) is 2.49. The number of rotatable bonds is 4. The Balaban J connectivity index is 2.26. The van der Waals surface area contributed by atoms with Crippen LogP contribution in [-0.2, 0) is 24.6 Å². The third-order valence-corrected chi connectivity index (χ3v) is 8.67. The van der Waals surface area contributed by atoms with Crippen molar-refractivity contribution in [2.24, 2.45) is 0 Å². The number of hydrogen-bond donors (Lipinski definition) is 2. The van der Waals surface area contributed by atoms with Gasteiger partial charge in [0.15, 0.2) is 0 Å². The molecule has 0 atom stereocenters. The van der Waals surface area contributed by atoms with Gasteiger partial charge in [0.05, 0.1) is 0 Å². The predicted octanol–water partition coefficient (Wildman–Crippen LogP) is -0.0937. The van der Waals surface area contributed by atoms with Gasteiger partial charge >= 0.3 is 120 Å².